The van der Waals surface area contributed by atoms with Gasteiger partial charge in [0.2, 0.25) is 5.91 Å². The third-order valence-electron chi connectivity index (χ3n) is 5.99. The lowest BCUT2D eigenvalue weighted by atomic mass is 10.1. The van der Waals surface area contributed by atoms with Crippen LogP contribution in [0.2, 0.25) is 0 Å². The number of imide groups is 1. The topological polar surface area (TPSA) is 76.2 Å². The Morgan fingerprint density at radius 2 is 1.60 bits per heavy atom. The second-order valence-electron chi connectivity index (χ2n) is 8.18. The highest BCUT2D eigenvalue weighted by molar-refractivity contribution is 6.23. The Morgan fingerprint density at radius 3 is 2.23 bits per heavy atom. The molecular weight excluding hydrogens is 444 g/mol. The van der Waals surface area contributed by atoms with E-state index in [9.17, 15) is 14.4 Å². The molecule has 35 heavy (non-hydrogen) atoms. The quantitative estimate of drug-likeness (QED) is 0.438. The van der Waals surface area contributed by atoms with Gasteiger partial charge in [-0.05, 0) is 67.4 Å². The summed E-state index contributed by atoms with van der Waals surface area (Å²) in [5.74, 6) is 0.242. The molecule has 0 aromatic heterocycles. The highest BCUT2D eigenvalue weighted by atomic mass is 16.5. The van der Waals surface area contributed by atoms with Crippen LogP contribution in [0.1, 0.15) is 29.3 Å². The van der Waals surface area contributed by atoms with Crippen LogP contribution in [0.5, 0.6) is 11.5 Å². The van der Waals surface area contributed by atoms with E-state index in [2.05, 4.69) is 0 Å². The summed E-state index contributed by atoms with van der Waals surface area (Å²) in [4.78, 5) is 42.7. The van der Waals surface area contributed by atoms with Crippen molar-refractivity contribution in [2.75, 3.05) is 25.2 Å². The predicted molar refractivity (Wildman–Crippen MR) is 133 cm³/mol. The minimum absolute atomic E-state index is 0.0667. The molecule has 3 amide bonds. The highest BCUT2D eigenvalue weighted by Gasteiger charge is 2.44. The lowest BCUT2D eigenvalue weighted by Gasteiger charge is -2.28. The number of rotatable bonds is 9. The van der Waals surface area contributed by atoms with Crippen molar-refractivity contribution in [3.8, 4) is 11.5 Å². The van der Waals surface area contributed by atoms with Crippen molar-refractivity contribution in [1.29, 1.82) is 0 Å². The van der Waals surface area contributed by atoms with E-state index >= 15 is 0 Å². The second kappa shape index (κ2) is 10.9. The first-order valence-electron chi connectivity index (χ1n) is 11.6. The number of carbonyl (C=O) groups is 3. The summed E-state index contributed by atoms with van der Waals surface area (Å²) in [6.45, 7) is 2.71. The minimum Gasteiger partial charge on any atom is -0.497 e. The third-order valence-corrected chi connectivity index (χ3v) is 5.99. The molecule has 1 fully saturated rings. The van der Waals surface area contributed by atoms with Gasteiger partial charge in [0.25, 0.3) is 11.8 Å². The van der Waals surface area contributed by atoms with Gasteiger partial charge in [0.05, 0.1) is 25.8 Å². The average molecular weight is 473 g/mol. The molecule has 0 N–H and O–H groups in total. The molecule has 1 saturated heterocycles. The van der Waals surface area contributed by atoms with Crippen LogP contribution >= 0.6 is 0 Å². The number of nitrogens with zero attached hydrogens (tertiary/aromatic N) is 2. The van der Waals surface area contributed by atoms with Crippen LogP contribution in [0.25, 0.3) is 0 Å². The van der Waals surface area contributed by atoms with Crippen molar-refractivity contribution in [2.24, 2.45) is 0 Å². The van der Waals surface area contributed by atoms with Gasteiger partial charge in [0.1, 0.15) is 17.5 Å². The Hall–Kier alpha value is -4.13. The summed E-state index contributed by atoms with van der Waals surface area (Å²) in [6, 6.07) is 22.4. The van der Waals surface area contributed by atoms with Gasteiger partial charge >= 0.3 is 0 Å². The molecule has 3 aromatic rings. The second-order valence-corrected chi connectivity index (χ2v) is 8.18. The Bertz CT molecular complexity index is 1180. The molecule has 180 valence electrons. The normalized spacial score (nSPS) is 15.3. The van der Waals surface area contributed by atoms with Crippen molar-refractivity contribution >= 4 is 23.4 Å². The average Bonchev–Trinajstić information content (AvgIpc) is 3.19. The largest absolute Gasteiger partial charge is 0.497 e. The number of methoxy groups -OCH3 is 1. The molecule has 1 aliphatic heterocycles. The Balaban J connectivity index is 1.60. The zero-order valence-corrected chi connectivity index (χ0v) is 19.8. The molecule has 7 nitrogen and oxygen atoms in total. The van der Waals surface area contributed by atoms with E-state index in [0.29, 0.717) is 42.3 Å². The van der Waals surface area contributed by atoms with E-state index in [0.717, 1.165) is 10.5 Å². The van der Waals surface area contributed by atoms with E-state index < -0.39 is 11.9 Å². The molecule has 0 radical (unpaired) electrons. The van der Waals surface area contributed by atoms with Crippen LogP contribution in [-0.4, -0.2) is 48.9 Å². The van der Waals surface area contributed by atoms with Gasteiger partial charge in [-0.25, -0.2) is 4.90 Å². The van der Waals surface area contributed by atoms with E-state index in [4.69, 9.17) is 9.47 Å². The van der Waals surface area contributed by atoms with Crippen LogP contribution in [0.4, 0.5) is 5.69 Å². The maximum Gasteiger partial charge on any atom is 0.257 e. The van der Waals surface area contributed by atoms with Gasteiger partial charge in [-0.2, -0.15) is 0 Å². The molecule has 0 bridgehead atoms. The number of benzene rings is 3. The van der Waals surface area contributed by atoms with Crippen molar-refractivity contribution in [1.82, 2.24) is 4.90 Å². The fourth-order valence-electron chi connectivity index (χ4n) is 4.18. The summed E-state index contributed by atoms with van der Waals surface area (Å²) in [5, 5.41) is 0. The lowest BCUT2D eigenvalue weighted by molar-refractivity contribution is -0.122. The summed E-state index contributed by atoms with van der Waals surface area (Å²) in [5.41, 5.74) is 1.93. The molecule has 0 aliphatic carbocycles. The molecule has 0 spiro atoms. The van der Waals surface area contributed by atoms with Gasteiger partial charge in [0.15, 0.2) is 0 Å². The maximum atomic E-state index is 13.6. The number of amides is 3. The lowest BCUT2D eigenvalue weighted by Crippen LogP contribution is -2.46. The van der Waals surface area contributed by atoms with Crippen LogP contribution in [-0.2, 0) is 16.0 Å². The fourth-order valence-corrected chi connectivity index (χ4v) is 4.18. The first kappa shape index (κ1) is 24.0. The van der Waals surface area contributed by atoms with Gasteiger partial charge < -0.3 is 14.4 Å². The molecule has 4 rings (SSSR count). The molecule has 1 unspecified atom stereocenters. The predicted octanol–water partition coefficient (Wildman–Crippen LogP) is 4.11. The zero-order valence-electron chi connectivity index (χ0n) is 19.8. The van der Waals surface area contributed by atoms with Crippen molar-refractivity contribution in [3.63, 3.8) is 0 Å². The number of ether oxygens (including phenoxy) is 2. The molecule has 3 aromatic carbocycles. The number of carbonyl (C=O) groups excluding carboxylic acids is 3. The van der Waals surface area contributed by atoms with Crippen LogP contribution in [0.3, 0.4) is 0 Å². The SMILES string of the molecule is CCOc1ccc(N2C(=O)CC(N(CCc3ccccc3)C(=O)c3ccc(OC)cc3)C2=O)cc1. The van der Waals surface area contributed by atoms with E-state index in [1.54, 1.807) is 55.6 Å². The van der Waals surface area contributed by atoms with Crippen LogP contribution in [0, 0.1) is 0 Å². The molecular formula is C28H28N2O5. The number of anilines is 1. The molecule has 1 aliphatic rings. The van der Waals surface area contributed by atoms with Crippen molar-refractivity contribution < 1.29 is 23.9 Å². The Labute approximate surface area is 204 Å². The fraction of sp³-hybridized carbons (Fsp3) is 0.250. The standard InChI is InChI=1S/C28H28N2O5/c1-3-35-24-15-11-22(12-16-24)30-26(31)19-25(28(30)33)29(18-17-20-7-5-4-6-8-20)27(32)21-9-13-23(34-2)14-10-21/h4-16,25H,3,17-19H2,1-2H3. The molecule has 1 heterocycles. The van der Waals surface area contributed by atoms with E-state index in [1.807, 2.05) is 37.3 Å². The van der Waals surface area contributed by atoms with Gasteiger partial charge in [-0.1, -0.05) is 30.3 Å². The first-order valence-corrected chi connectivity index (χ1v) is 11.6. The first-order chi connectivity index (χ1) is 17.0. The Morgan fingerprint density at radius 1 is 0.943 bits per heavy atom. The summed E-state index contributed by atoms with van der Waals surface area (Å²) < 4.78 is 10.7. The Kier molecular flexibility index (Phi) is 7.45. The minimum atomic E-state index is -0.882. The van der Waals surface area contributed by atoms with Gasteiger partial charge in [0, 0.05) is 12.1 Å². The highest BCUT2D eigenvalue weighted by Crippen LogP contribution is 2.28. The summed E-state index contributed by atoms with van der Waals surface area (Å²) in [7, 11) is 1.56. The van der Waals surface area contributed by atoms with Crippen LogP contribution < -0.4 is 14.4 Å². The van der Waals surface area contributed by atoms with Gasteiger partial charge in [-0.15, -0.1) is 0 Å². The summed E-state index contributed by atoms with van der Waals surface area (Å²) >= 11 is 0. The summed E-state index contributed by atoms with van der Waals surface area (Å²) in [6.07, 6.45) is 0.493. The van der Waals surface area contributed by atoms with E-state index in [-0.39, 0.29) is 18.2 Å². The maximum absolute atomic E-state index is 13.6. The van der Waals surface area contributed by atoms with Crippen molar-refractivity contribution in [2.45, 2.75) is 25.8 Å². The molecule has 1 atom stereocenters. The third kappa shape index (κ3) is 5.35. The van der Waals surface area contributed by atoms with Crippen LogP contribution in [0.15, 0.2) is 78.9 Å². The molecule has 0 saturated carbocycles. The monoisotopic (exact) mass is 472 g/mol. The molecule has 7 heteroatoms. The van der Waals surface area contributed by atoms with E-state index in [1.165, 1.54) is 4.90 Å². The zero-order chi connectivity index (χ0) is 24.8. The number of hydrogen-bond donors (Lipinski definition) is 0. The van der Waals surface area contributed by atoms with Gasteiger partial charge in [-0.3, -0.25) is 14.4 Å². The smallest absolute Gasteiger partial charge is 0.257 e. The number of hydrogen-bond acceptors (Lipinski definition) is 5. The van der Waals surface area contributed by atoms with Crippen molar-refractivity contribution in [3.05, 3.63) is 90.0 Å².